The van der Waals surface area contributed by atoms with Gasteiger partial charge >= 0.3 is 0 Å². The van der Waals surface area contributed by atoms with Gasteiger partial charge in [-0.25, -0.2) is 9.37 Å². The molecule has 1 aromatic rings. The van der Waals surface area contributed by atoms with E-state index in [0.717, 1.165) is 12.3 Å². The molecule has 0 radical (unpaired) electrons. The molecule has 1 saturated carbocycles. The second kappa shape index (κ2) is 4.57. The van der Waals surface area contributed by atoms with Gasteiger partial charge in [-0.15, -0.1) is 0 Å². The first-order valence-electron chi connectivity index (χ1n) is 5.18. The molecule has 0 bridgehead atoms. The molecule has 1 aliphatic carbocycles. The van der Waals surface area contributed by atoms with Gasteiger partial charge in [0, 0.05) is 11.8 Å². The van der Waals surface area contributed by atoms with E-state index in [0.29, 0.717) is 6.61 Å². The van der Waals surface area contributed by atoms with Crippen LogP contribution < -0.4 is 4.74 Å². The molecule has 0 atom stereocenters. The van der Waals surface area contributed by atoms with Gasteiger partial charge in [0.05, 0.1) is 13.2 Å². The first-order chi connectivity index (χ1) is 7.31. The summed E-state index contributed by atoms with van der Waals surface area (Å²) in [6, 6.07) is 1.45. The highest BCUT2D eigenvalue weighted by molar-refractivity contribution is 5.22. The van der Waals surface area contributed by atoms with Crippen LogP contribution >= 0.6 is 0 Å². The van der Waals surface area contributed by atoms with Crippen molar-refractivity contribution in [1.82, 2.24) is 4.98 Å². The summed E-state index contributed by atoms with van der Waals surface area (Å²) in [5.74, 6) is 0.215. The molecular weight excluding hydrogens is 197 g/mol. The molecule has 1 N–H and O–H groups in total. The van der Waals surface area contributed by atoms with E-state index in [1.54, 1.807) is 0 Å². The predicted molar refractivity (Wildman–Crippen MR) is 53.0 cm³/mol. The molecule has 2 rings (SSSR count). The third kappa shape index (κ3) is 2.65. The van der Waals surface area contributed by atoms with Gasteiger partial charge in [0.2, 0.25) is 0 Å². The monoisotopic (exact) mass is 211 g/mol. The minimum absolute atomic E-state index is 0.00204. The van der Waals surface area contributed by atoms with Crippen molar-refractivity contribution in [3.05, 3.63) is 23.6 Å². The third-order valence-corrected chi connectivity index (χ3v) is 2.57. The Labute approximate surface area is 87.9 Å². The second-order valence-corrected chi connectivity index (χ2v) is 3.83. The van der Waals surface area contributed by atoms with E-state index in [1.807, 2.05) is 0 Å². The zero-order valence-corrected chi connectivity index (χ0v) is 8.45. The minimum Gasteiger partial charge on any atom is -0.476 e. The van der Waals surface area contributed by atoms with Crippen molar-refractivity contribution in [2.45, 2.75) is 25.9 Å². The maximum atomic E-state index is 13.5. The summed E-state index contributed by atoms with van der Waals surface area (Å²) in [6.07, 6.45) is 4.93. The third-order valence-electron chi connectivity index (χ3n) is 2.57. The number of nitrogens with zero attached hydrogens (tertiary/aromatic N) is 1. The van der Waals surface area contributed by atoms with Crippen molar-refractivity contribution >= 4 is 0 Å². The Hall–Kier alpha value is -1.16. The van der Waals surface area contributed by atoms with Crippen molar-refractivity contribution in [3.8, 4) is 5.88 Å². The molecule has 0 aliphatic heterocycles. The maximum Gasteiger partial charge on any atom is 0.250 e. The largest absolute Gasteiger partial charge is 0.476 e. The molecule has 1 heterocycles. The second-order valence-electron chi connectivity index (χ2n) is 3.83. The molecule has 0 aromatic carbocycles. The summed E-state index contributed by atoms with van der Waals surface area (Å²) >= 11 is 0. The van der Waals surface area contributed by atoms with E-state index in [-0.39, 0.29) is 18.1 Å². The average Bonchev–Trinajstić information content (AvgIpc) is 3.04. The van der Waals surface area contributed by atoms with Crippen LogP contribution in [0.25, 0.3) is 0 Å². The van der Waals surface area contributed by atoms with Gasteiger partial charge in [-0.05, 0) is 18.4 Å². The van der Waals surface area contributed by atoms with Crippen LogP contribution in [0.2, 0.25) is 0 Å². The Morgan fingerprint density at radius 3 is 3.00 bits per heavy atom. The number of rotatable bonds is 5. The molecular formula is C11H14FNO2. The normalized spacial score (nSPS) is 15.3. The maximum absolute atomic E-state index is 13.5. The summed E-state index contributed by atoms with van der Waals surface area (Å²) in [5, 5.41) is 8.84. The van der Waals surface area contributed by atoms with Crippen molar-refractivity contribution in [3.63, 3.8) is 0 Å². The first-order valence-corrected chi connectivity index (χ1v) is 5.18. The fourth-order valence-electron chi connectivity index (χ4n) is 1.41. The molecule has 82 valence electrons. The van der Waals surface area contributed by atoms with Gasteiger partial charge in [0.25, 0.3) is 5.88 Å². The fraction of sp³-hybridized carbons (Fsp3) is 0.545. The van der Waals surface area contributed by atoms with Crippen LogP contribution in [-0.4, -0.2) is 16.7 Å². The SMILES string of the molecule is OCc1ccnc(OCCC2CC2)c1F. The molecule has 4 heteroatoms. The zero-order valence-electron chi connectivity index (χ0n) is 8.45. The predicted octanol–water partition coefficient (Wildman–Crippen LogP) is 1.89. The smallest absolute Gasteiger partial charge is 0.250 e. The van der Waals surface area contributed by atoms with Gasteiger partial charge in [0.15, 0.2) is 5.82 Å². The zero-order chi connectivity index (χ0) is 10.7. The van der Waals surface area contributed by atoms with Crippen LogP contribution in [0.3, 0.4) is 0 Å². The summed E-state index contributed by atoms with van der Waals surface area (Å²) < 4.78 is 18.7. The van der Waals surface area contributed by atoms with Gasteiger partial charge in [-0.2, -0.15) is 0 Å². The number of hydrogen-bond donors (Lipinski definition) is 1. The van der Waals surface area contributed by atoms with Crippen LogP contribution in [0.4, 0.5) is 4.39 Å². The van der Waals surface area contributed by atoms with E-state index in [1.165, 1.54) is 25.1 Å². The summed E-state index contributed by atoms with van der Waals surface area (Å²) in [4.78, 5) is 3.80. The Kier molecular flexibility index (Phi) is 3.16. The van der Waals surface area contributed by atoms with Gasteiger partial charge < -0.3 is 9.84 Å². The highest BCUT2D eigenvalue weighted by Crippen LogP contribution is 2.32. The van der Waals surface area contributed by atoms with Crippen molar-refractivity contribution in [2.75, 3.05) is 6.61 Å². The van der Waals surface area contributed by atoms with Crippen LogP contribution in [-0.2, 0) is 6.61 Å². The van der Waals surface area contributed by atoms with Crippen LogP contribution in [0.15, 0.2) is 12.3 Å². The quantitative estimate of drug-likeness (QED) is 0.808. The summed E-state index contributed by atoms with van der Waals surface area (Å²) in [6.45, 7) is 0.177. The highest BCUT2D eigenvalue weighted by Gasteiger charge is 2.21. The lowest BCUT2D eigenvalue weighted by Gasteiger charge is -2.07. The average molecular weight is 211 g/mol. The molecule has 1 fully saturated rings. The Balaban J connectivity index is 1.93. The Morgan fingerprint density at radius 2 is 2.33 bits per heavy atom. The topological polar surface area (TPSA) is 42.4 Å². The first kappa shape index (κ1) is 10.4. The number of pyridine rings is 1. The molecule has 3 nitrogen and oxygen atoms in total. The van der Waals surface area contributed by atoms with Crippen molar-refractivity contribution in [2.24, 2.45) is 5.92 Å². The van der Waals surface area contributed by atoms with E-state index in [4.69, 9.17) is 9.84 Å². The van der Waals surface area contributed by atoms with E-state index in [9.17, 15) is 4.39 Å². The minimum atomic E-state index is -0.546. The molecule has 0 unspecified atom stereocenters. The van der Waals surface area contributed by atoms with Gasteiger partial charge in [0.1, 0.15) is 0 Å². The number of aliphatic hydroxyl groups excluding tert-OH is 1. The van der Waals surface area contributed by atoms with Crippen molar-refractivity contribution in [1.29, 1.82) is 0 Å². The lowest BCUT2D eigenvalue weighted by Crippen LogP contribution is -2.04. The number of hydrogen-bond acceptors (Lipinski definition) is 3. The lowest BCUT2D eigenvalue weighted by atomic mass is 10.2. The van der Waals surface area contributed by atoms with Crippen LogP contribution in [0, 0.1) is 11.7 Å². The number of halogens is 1. The summed E-state index contributed by atoms with van der Waals surface area (Å²) in [7, 11) is 0. The van der Waals surface area contributed by atoms with Crippen LogP contribution in [0.5, 0.6) is 5.88 Å². The van der Waals surface area contributed by atoms with Gasteiger partial charge in [-0.1, -0.05) is 12.8 Å². The van der Waals surface area contributed by atoms with E-state index >= 15 is 0 Å². The highest BCUT2D eigenvalue weighted by atomic mass is 19.1. The molecule has 1 aromatic heterocycles. The molecule has 0 amide bonds. The van der Waals surface area contributed by atoms with E-state index < -0.39 is 5.82 Å². The van der Waals surface area contributed by atoms with Crippen molar-refractivity contribution < 1.29 is 14.2 Å². The summed E-state index contributed by atoms with van der Waals surface area (Å²) in [5.41, 5.74) is 0.228. The molecule has 1 aliphatic rings. The molecule has 0 spiro atoms. The Morgan fingerprint density at radius 1 is 1.53 bits per heavy atom. The Bertz CT molecular complexity index is 339. The standard InChI is InChI=1S/C11H14FNO2/c12-10-9(7-14)3-5-13-11(10)15-6-4-8-1-2-8/h3,5,8,14H,1-2,4,6-7H2. The lowest BCUT2D eigenvalue weighted by molar-refractivity contribution is 0.257. The number of ether oxygens (including phenoxy) is 1. The van der Waals surface area contributed by atoms with Gasteiger partial charge in [-0.3, -0.25) is 0 Å². The van der Waals surface area contributed by atoms with Crippen LogP contribution in [0.1, 0.15) is 24.8 Å². The molecule has 15 heavy (non-hydrogen) atoms. The fourth-order valence-corrected chi connectivity index (χ4v) is 1.41. The molecule has 0 saturated heterocycles. The number of aliphatic hydroxyl groups is 1. The number of aromatic nitrogens is 1. The van der Waals surface area contributed by atoms with E-state index in [2.05, 4.69) is 4.98 Å².